The predicted octanol–water partition coefficient (Wildman–Crippen LogP) is 4.05. The van der Waals surface area contributed by atoms with Crippen LogP contribution in [0.15, 0.2) is 22.6 Å². The molecular weight excluding hydrogens is 260 g/mol. The van der Waals surface area contributed by atoms with Crippen LogP contribution in [0.4, 0.5) is 0 Å². The summed E-state index contributed by atoms with van der Waals surface area (Å²) in [5.74, 6) is -0.159. The Morgan fingerprint density at radius 3 is 2.76 bits per heavy atom. The number of esters is 1. The SMILES string of the molecule is CC(=O)Oc1cc2oc(=S)cc(C)c2cc1Cl. The maximum atomic E-state index is 10.9. The Hall–Kier alpha value is -1.39. The molecule has 88 valence electrons. The molecule has 0 amide bonds. The normalized spacial score (nSPS) is 10.5. The third-order valence-corrected chi connectivity index (χ3v) is 2.75. The lowest BCUT2D eigenvalue weighted by atomic mass is 10.1. The Morgan fingerprint density at radius 2 is 2.12 bits per heavy atom. The van der Waals surface area contributed by atoms with Gasteiger partial charge in [-0.15, -0.1) is 0 Å². The van der Waals surface area contributed by atoms with Gasteiger partial charge in [-0.05, 0) is 36.8 Å². The second-order valence-corrected chi connectivity index (χ2v) is 4.43. The molecule has 0 fully saturated rings. The van der Waals surface area contributed by atoms with Gasteiger partial charge < -0.3 is 9.15 Å². The molecule has 1 aromatic heterocycles. The molecule has 2 rings (SSSR count). The van der Waals surface area contributed by atoms with Gasteiger partial charge in [0.05, 0.1) is 5.02 Å². The van der Waals surface area contributed by atoms with Crippen LogP contribution in [0.1, 0.15) is 12.5 Å². The van der Waals surface area contributed by atoms with E-state index in [-0.39, 0.29) is 5.75 Å². The van der Waals surface area contributed by atoms with Crippen molar-refractivity contribution in [2.75, 3.05) is 0 Å². The van der Waals surface area contributed by atoms with Crippen LogP contribution < -0.4 is 4.74 Å². The van der Waals surface area contributed by atoms with Crippen LogP contribution in [0, 0.1) is 11.6 Å². The van der Waals surface area contributed by atoms with Gasteiger partial charge >= 0.3 is 5.97 Å². The topological polar surface area (TPSA) is 39.4 Å². The summed E-state index contributed by atoms with van der Waals surface area (Å²) in [6.07, 6.45) is 0. The molecule has 3 nitrogen and oxygen atoms in total. The maximum Gasteiger partial charge on any atom is 0.308 e. The highest BCUT2D eigenvalue weighted by Crippen LogP contribution is 2.31. The van der Waals surface area contributed by atoms with E-state index in [2.05, 4.69) is 0 Å². The van der Waals surface area contributed by atoms with Gasteiger partial charge in [-0.1, -0.05) is 11.6 Å². The number of rotatable bonds is 1. The van der Waals surface area contributed by atoms with Crippen molar-refractivity contribution < 1.29 is 13.9 Å². The van der Waals surface area contributed by atoms with E-state index in [1.165, 1.54) is 6.92 Å². The van der Waals surface area contributed by atoms with Crippen molar-refractivity contribution in [1.29, 1.82) is 0 Å². The molecule has 0 aliphatic heterocycles. The zero-order valence-electron chi connectivity index (χ0n) is 9.24. The summed E-state index contributed by atoms with van der Waals surface area (Å²) >= 11 is 11.0. The number of hydrogen-bond acceptors (Lipinski definition) is 4. The lowest BCUT2D eigenvalue weighted by Gasteiger charge is -2.07. The van der Waals surface area contributed by atoms with Gasteiger partial charge in [0.25, 0.3) is 0 Å². The Bertz CT molecular complexity index is 661. The summed E-state index contributed by atoms with van der Waals surface area (Å²) in [6, 6.07) is 5.02. The number of halogens is 1. The number of fused-ring (bicyclic) bond motifs is 1. The molecule has 0 saturated heterocycles. The molecule has 0 saturated carbocycles. The monoisotopic (exact) mass is 268 g/mol. The quantitative estimate of drug-likeness (QED) is 0.444. The highest BCUT2D eigenvalue weighted by Gasteiger charge is 2.09. The zero-order chi connectivity index (χ0) is 12.6. The molecule has 1 aromatic carbocycles. The summed E-state index contributed by atoms with van der Waals surface area (Å²) in [4.78, 5) is 10.9. The average molecular weight is 269 g/mol. The number of carbonyl (C=O) groups is 1. The molecule has 5 heteroatoms. The average Bonchev–Trinajstić information content (AvgIpc) is 2.20. The molecule has 0 aliphatic rings. The summed E-state index contributed by atoms with van der Waals surface area (Å²) in [5.41, 5.74) is 1.52. The van der Waals surface area contributed by atoms with Gasteiger partial charge in [-0.2, -0.15) is 0 Å². The Kier molecular flexibility index (Phi) is 3.17. The number of carbonyl (C=O) groups excluding carboxylic acids is 1. The number of hydrogen-bond donors (Lipinski definition) is 0. The van der Waals surface area contributed by atoms with Gasteiger partial charge in [0, 0.05) is 18.4 Å². The molecule has 2 aromatic rings. The van der Waals surface area contributed by atoms with Crippen molar-refractivity contribution in [3.63, 3.8) is 0 Å². The molecule has 0 spiro atoms. The van der Waals surface area contributed by atoms with E-state index >= 15 is 0 Å². The lowest BCUT2D eigenvalue weighted by molar-refractivity contribution is -0.131. The van der Waals surface area contributed by atoms with Crippen molar-refractivity contribution in [2.24, 2.45) is 0 Å². The fraction of sp³-hybridized carbons (Fsp3) is 0.167. The van der Waals surface area contributed by atoms with Crippen LogP contribution in [-0.4, -0.2) is 5.97 Å². The van der Waals surface area contributed by atoms with Gasteiger partial charge in [-0.3, -0.25) is 4.79 Å². The standard InChI is InChI=1S/C12H9ClO3S/c1-6-3-12(17)16-10-5-11(15-7(2)14)9(13)4-8(6)10/h3-5H,1-2H3. The maximum absolute atomic E-state index is 10.9. The first kappa shape index (κ1) is 12.1. The van der Waals surface area contributed by atoms with Crippen LogP contribution in [0.3, 0.4) is 0 Å². The second kappa shape index (κ2) is 4.47. The van der Waals surface area contributed by atoms with E-state index < -0.39 is 5.97 Å². The molecule has 0 aliphatic carbocycles. The van der Waals surface area contributed by atoms with Gasteiger partial charge in [0.1, 0.15) is 5.58 Å². The van der Waals surface area contributed by atoms with Crippen molar-refractivity contribution in [3.8, 4) is 5.75 Å². The summed E-state index contributed by atoms with van der Waals surface area (Å²) in [6.45, 7) is 3.22. The van der Waals surface area contributed by atoms with E-state index in [0.717, 1.165) is 10.9 Å². The molecular formula is C12H9ClO3S. The number of ether oxygens (including phenoxy) is 1. The van der Waals surface area contributed by atoms with E-state index in [1.807, 2.05) is 6.92 Å². The summed E-state index contributed by atoms with van der Waals surface area (Å²) < 4.78 is 10.7. The van der Waals surface area contributed by atoms with Gasteiger partial charge in [0.15, 0.2) is 10.5 Å². The summed E-state index contributed by atoms with van der Waals surface area (Å²) in [7, 11) is 0. The molecule has 1 heterocycles. The van der Waals surface area contributed by atoms with E-state index in [9.17, 15) is 4.79 Å². The minimum absolute atomic E-state index is 0.274. The molecule has 0 N–H and O–H groups in total. The lowest BCUT2D eigenvalue weighted by Crippen LogP contribution is -2.01. The zero-order valence-corrected chi connectivity index (χ0v) is 10.8. The van der Waals surface area contributed by atoms with E-state index in [1.54, 1.807) is 18.2 Å². The first-order valence-corrected chi connectivity index (χ1v) is 5.68. The smallest absolute Gasteiger partial charge is 0.308 e. The number of aryl methyl sites for hydroxylation is 1. The van der Waals surface area contributed by atoms with Crippen LogP contribution in [0.5, 0.6) is 5.75 Å². The Morgan fingerprint density at radius 1 is 1.41 bits per heavy atom. The molecule has 0 atom stereocenters. The van der Waals surface area contributed by atoms with E-state index in [0.29, 0.717) is 15.3 Å². The fourth-order valence-electron chi connectivity index (χ4n) is 1.55. The van der Waals surface area contributed by atoms with Crippen molar-refractivity contribution in [3.05, 3.63) is 33.5 Å². The van der Waals surface area contributed by atoms with Crippen LogP contribution in [0.25, 0.3) is 11.0 Å². The van der Waals surface area contributed by atoms with Gasteiger partial charge in [0.2, 0.25) is 0 Å². The van der Waals surface area contributed by atoms with Crippen molar-refractivity contribution in [1.82, 2.24) is 0 Å². The predicted molar refractivity (Wildman–Crippen MR) is 68.1 cm³/mol. The van der Waals surface area contributed by atoms with Crippen LogP contribution in [-0.2, 0) is 4.79 Å². The highest BCUT2D eigenvalue weighted by atomic mass is 35.5. The largest absolute Gasteiger partial charge is 0.445 e. The first-order valence-electron chi connectivity index (χ1n) is 4.90. The molecule has 17 heavy (non-hydrogen) atoms. The fourth-order valence-corrected chi connectivity index (χ4v) is 2.02. The van der Waals surface area contributed by atoms with Crippen molar-refractivity contribution in [2.45, 2.75) is 13.8 Å². The Balaban J connectivity index is 2.71. The second-order valence-electron chi connectivity index (χ2n) is 3.62. The molecule has 0 bridgehead atoms. The number of benzene rings is 1. The van der Waals surface area contributed by atoms with Gasteiger partial charge in [-0.25, -0.2) is 0 Å². The first-order chi connectivity index (χ1) is 7.97. The molecule has 0 unspecified atom stereocenters. The molecule has 0 radical (unpaired) electrons. The third kappa shape index (κ3) is 2.48. The minimum Gasteiger partial charge on any atom is -0.445 e. The van der Waals surface area contributed by atoms with Crippen molar-refractivity contribution >= 4 is 40.8 Å². The van der Waals surface area contributed by atoms with E-state index in [4.69, 9.17) is 33.0 Å². The Labute approximate surface area is 108 Å². The van der Waals surface area contributed by atoms with Crippen LogP contribution >= 0.6 is 23.8 Å². The summed E-state index contributed by atoms with van der Waals surface area (Å²) in [5, 5.41) is 1.21. The third-order valence-electron chi connectivity index (χ3n) is 2.26. The minimum atomic E-state index is -0.433. The van der Waals surface area contributed by atoms with Crippen LogP contribution in [0.2, 0.25) is 5.02 Å². The highest BCUT2D eigenvalue weighted by molar-refractivity contribution is 7.71.